The number of nitrogens with one attached hydrogen (secondary N) is 1. The van der Waals surface area contributed by atoms with Crippen molar-refractivity contribution in [3.05, 3.63) is 42.0 Å². The van der Waals surface area contributed by atoms with E-state index in [1.54, 1.807) is 12.1 Å². The molecule has 0 radical (unpaired) electrons. The molecule has 0 heterocycles. The maximum Gasteiger partial charge on any atom is 0.328 e. The van der Waals surface area contributed by atoms with E-state index in [4.69, 9.17) is 15.9 Å². The topological polar surface area (TPSA) is 150 Å². The molecule has 0 spiro atoms. The Morgan fingerprint density at radius 2 is 1.76 bits per heavy atom. The number of nitrogens with zero attached hydrogens (tertiary/aromatic N) is 1. The summed E-state index contributed by atoms with van der Waals surface area (Å²) >= 11 is 0. The fraction of sp³-hybridized carbons (Fsp3) is 0.333. The molecule has 1 aromatic carbocycles. The molecule has 0 aliphatic heterocycles. The van der Waals surface area contributed by atoms with Crippen molar-refractivity contribution in [2.45, 2.75) is 19.4 Å². The second kappa shape index (κ2) is 10.4. The van der Waals surface area contributed by atoms with Crippen LogP contribution in [0, 0.1) is 0 Å². The van der Waals surface area contributed by atoms with Crippen molar-refractivity contribution >= 4 is 27.8 Å². The molecule has 0 bridgehead atoms. The lowest BCUT2D eigenvalue weighted by molar-refractivity contribution is -0.134. The number of nitrogens with two attached hydrogens (primary N) is 1. The second-order valence-electron chi connectivity index (χ2n) is 5.28. The van der Waals surface area contributed by atoms with Gasteiger partial charge in [-0.3, -0.25) is 4.72 Å². The number of carbonyl (C=O) groups is 2. The molecule has 25 heavy (non-hydrogen) atoms. The summed E-state index contributed by atoms with van der Waals surface area (Å²) in [5, 5.41) is 15.6. The first kappa shape index (κ1) is 22.6. The van der Waals surface area contributed by atoms with Crippen LogP contribution in [0.2, 0.25) is 0 Å². The van der Waals surface area contributed by atoms with E-state index in [1.165, 1.54) is 14.1 Å². The van der Waals surface area contributed by atoms with Gasteiger partial charge in [-0.2, -0.15) is 12.7 Å². The van der Waals surface area contributed by atoms with E-state index in [1.807, 2.05) is 19.1 Å². The molecule has 1 unspecified atom stereocenters. The second-order valence-corrected chi connectivity index (χ2v) is 7.17. The van der Waals surface area contributed by atoms with Crippen LogP contribution < -0.4 is 10.5 Å². The molecule has 0 amide bonds. The van der Waals surface area contributed by atoms with Crippen molar-refractivity contribution in [2.24, 2.45) is 5.73 Å². The third kappa shape index (κ3) is 10.9. The minimum absolute atomic E-state index is 0.0516. The zero-order valence-corrected chi connectivity index (χ0v) is 15.0. The zero-order valence-electron chi connectivity index (χ0n) is 14.2. The van der Waals surface area contributed by atoms with Crippen molar-refractivity contribution in [3.63, 3.8) is 0 Å². The Bertz CT molecular complexity index is 698. The van der Waals surface area contributed by atoms with Crippen LogP contribution in [0.15, 0.2) is 36.4 Å². The highest BCUT2D eigenvalue weighted by Gasteiger charge is 2.12. The van der Waals surface area contributed by atoms with Crippen molar-refractivity contribution in [3.8, 4) is 0 Å². The van der Waals surface area contributed by atoms with E-state index in [2.05, 4.69) is 4.72 Å². The summed E-state index contributed by atoms with van der Waals surface area (Å²) in [7, 11) is -0.484. The molecule has 0 aliphatic rings. The number of benzene rings is 1. The lowest BCUT2D eigenvalue weighted by atomic mass is 10.1. The normalized spacial score (nSPS) is 12.4. The maximum absolute atomic E-state index is 11.6. The first-order valence-electron chi connectivity index (χ1n) is 7.12. The largest absolute Gasteiger partial charge is 0.478 e. The summed E-state index contributed by atoms with van der Waals surface area (Å²) in [5.41, 5.74) is 7.27. The molecular weight excluding hydrogens is 350 g/mol. The minimum atomic E-state index is -3.44. The van der Waals surface area contributed by atoms with Gasteiger partial charge < -0.3 is 15.9 Å². The standard InChI is InChI=1S/C11H19N3O2S.C4H4O4/c1-9(12)7-10-5-4-6-11(8-10)13-17(15,16)14(2)3;5-3(6)1-2-4(7)8/h4-6,8-9,13H,7,12H2,1-3H3;1-2H,(H,5,6)(H,7,8). The molecular formula is C15H23N3O6S. The Morgan fingerprint density at radius 3 is 2.16 bits per heavy atom. The molecule has 9 nitrogen and oxygen atoms in total. The average molecular weight is 373 g/mol. The van der Waals surface area contributed by atoms with Crippen LogP contribution in [0.1, 0.15) is 12.5 Å². The van der Waals surface area contributed by atoms with Gasteiger partial charge in [0.1, 0.15) is 0 Å². The van der Waals surface area contributed by atoms with Crippen LogP contribution in [0.5, 0.6) is 0 Å². The fourth-order valence-electron chi connectivity index (χ4n) is 1.52. The van der Waals surface area contributed by atoms with Gasteiger partial charge in [0.15, 0.2) is 0 Å². The Labute approximate surface area is 146 Å². The van der Waals surface area contributed by atoms with Gasteiger partial charge in [-0.1, -0.05) is 12.1 Å². The Kier molecular flexibility index (Phi) is 9.42. The lowest BCUT2D eigenvalue weighted by Crippen LogP contribution is -2.29. The van der Waals surface area contributed by atoms with Crippen LogP contribution in [0.4, 0.5) is 5.69 Å². The fourth-order valence-corrected chi connectivity index (χ4v) is 2.12. The summed E-state index contributed by atoms with van der Waals surface area (Å²) < 4.78 is 26.9. The third-order valence-electron chi connectivity index (χ3n) is 2.58. The summed E-state index contributed by atoms with van der Waals surface area (Å²) in [4.78, 5) is 19.1. The zero-order chi connectivity index (χ0) is 19.6. The minimum Gasteiger partial charge on any atom is -0.478 e. The van der Waals surface area contributed by atoms with E-state index >= 15 is 0 Å². The van der Waals surface area contributed by atoms with Crippen LogP contribution in [-0.4, -0.2) is 55.0 Å². The molecule has 140 valence electrons. The molecule has 0 fully saturated rings. The molecule has 0 saturated carbocycles. The molecule has 1 aromatic rings. The smallest absolute Gasteiger partial charge is 0.328 e. The Hall–Kier alpha value is -2.43. The summed E-state index contributed by atoms with van der Waals surface area (Å²) in [5.74, 6) is -2.51. The van der Waals surface area contributed by atoms with E-state index in [9.17, 15) is 18.0 Å². The monoisotopic (exact) mass is 373 g/mol. The number of carboxylic acid groups (broad SMARTS) is 2. The maximum atomic E-state index is 11.6. The third-order valence-corrected chi connectivity index (χ3v) is 4.04. The van der Waals surface area contributed by atoms with Crippen LogP contribution in [0.25, 0.3) is 0 Å². The van der Waals surface area contributed by atoms with Gasteiger partial charge in [-0.15, -0.1) is 0 Å². The van der Waals surface area contributed by atoms with E-state index in [0.717, 1.165) is 16.3 Å². The van der Waals surface area contributed by atoms with E-state index in [-0.39, 0.29) is 6.04 Å². The Morgan fingerprint density at radius 1 is 1.24 bits per heavy atom. The molecule has 1 rings (SSSR count). The summed E-state index contributed by atoms with van der Waals surface area (Å²) in [6.07, 6.45) is 1.84. The average Bonchev–Trinajstić information content (AvgIpc) is 2.44. The molecule has 10 heteroatoms. The van der Waals surface area contributed by atoms with Crippen LogP contribution in [0.3, 0.4) is 0 Å². The summed E-state index contributed by atoms with van der Waals surface area (Å²) in [6.45, 7) is 1.91. The van der Waals surface area contributed by atoms with E-state index < -0.39 is 22.1 Å². The predicted molar refractivity (Wildman–Crippen MR) is 94.4 cm³/mol. The van der Waals surface area contributed by atoms with Gasteiger partial charge in [0.25, 0.3) is 0 Å². The highest BCUT2D eigenvalue weighted by atomic mass is 32.2. The van der Waals surface area contributed by atoms with Gasteiger partial charge in [0.05, 0.1) is 5.69 Å². The highest BCUT2D eigenvalue weighted by Crippen LogP contribution is 2.14. The highest BCUT2D eigenvalue weighted by molar-refractivity contribution is 7.90. The van der Waals surface area contributed by atoms with Crippen molar-refractivity contribution in [1.29, 1.82) is 0 Å². The molecule has 5 N–H and O–H groups in total. The number of aliphatic carboxylic acids is 2. The van der Waals surface area contributed by atoms with E-state index in [0.29, 0.717) is 17.8 Å². The predicted octanol–water partition coefficient (Wildman–Crippen LogP) is 0.506. The van der Waals surface area contributed by atoms with Gasteiger partial charge >= 0.3 is 22.1 Å². The van der Waals surface area contributed by atoms with Crippen molar-refractivity contribution in [1.82, 2.24) is 4.31 Å². The molecule has 0 aromatic heterocycles. The van der Waals surface area contributed by atoms with Gasteiger partial charge in [-0.05, 0) is 31.0 Å². The first-order valence-corrected chi connectivity index (χ1v) is 8.56. The lowest BCUT2D eigenvalue weighted by Gasteiger charge is -2.14. The molecule has 1 atom stereocenters. The summed E-state index contributed by atoms with van der Waals surface area (Å²) in [6, 6.07) is 7.30. The quantitative estimate of drug-likeness (QED) is 0.508. The van der Waals surface area contributed by atoms with Crippen LogP contribution in [-0.2, 0) is 26.2 Å². The number of hydrogen-bond donors (Lipinski definition) is 4. The SMILES string of the molecule is CC(N)Cc1cccc(NS(=O)(=O)N(C)C)c1.O=C(O)C=CC(=O)O. The molecule has 0 saturated heterocycles. The van der Waals surface area contributed by atoms with Crippen molar-refractivity contribution < 1.29 is 28.2 Å². The number of hydrogen-bond acceptors (Lipinski definition) is 5. The number of carboxylic acids is 2. The number of anilines is 1. The first-order chi connectivity index (χ1) is 11.4. The van der Waals surface area contributed by atoms with Crippen LogP contribution >= 0.6 is 0 Å². The Balaban J connectivity index is 0.000000609. The van der Waals surface area contributed by atoms with Gasteiger partial charge in [-0.25, -0.2) is 9.59 Å². The number of rotatable bonds is 7. The van der Waals surface area contributed by atoms with Gasteiger partial charge in [0, 0.05) is 32.3 Å². The van der Waals surface area contributed by atoms with Gasteiger partial charge in [0.2, 0.25) is 0 Å². The van der Waals surface area contributed by atoms with Crippen molar-refractivity contribution in [2.75, 3.05) is 18.8 Å². The molecule has 0 aliphatic carbocycles.